The second-order valence-corrected chi connectivity index (χ2v) is 3.28. The monoisotopic (exact) mass is 212 g/mol. The quantitative estimate of drug-likeness (QED) is 0.673. The van der Waals surface area contributed by atoms with Crippen molar-refractivity contribution in [2.75, 3.05) is 13.7 Å². The maximum absolute atomic E-state index is 11.1. The average Bonchev–Trinajstić information content (AvgIpc) is 2.57. The maximum Gasteiger partial charge on any atom is 0.241 e. The maximum atomic E-state index is 11.1. The van der Waals surface area contributed by atoms with Crippen LogP contribution in [0, 0.1) is 6.92 Å². The summed E-state index contributed by atoms with van der Waals surface area (Å²) in [5.41, 5.74) is 1.72. The van der Waals surface area contributed by atoms with Gasteiger partial charge in [-0.25, -0.2) is 4.68 Å². The first kappa shape index (κ1) is 11.6. The van der Waals surface area contributed by atoms with Gasteiger partial charge >= 0.3 is 0 Å². The largest absolute Gasteiger partial charge is 0.396 e. The zero-order valence-electron chi connectivity index (χ0n) is 9.03. The number of aromatic nitrogens is 3. The number of aryl methyl sites for hydroxylation is 1. The third-order valence-electron chi connectivity index (χ3n) is 2.22. The SMILES string of the molecule is CNC(=O)Cn1nnc(CCCO)c1C. The van der Waals surface area contributed by atoms with E-state index in [2.05, 4.69) is 15.6 Å². The van der Waals surface area contributed by atoms with E-state index in [1.54, 1.807) is 11.7 Å². The Morgan fingerprint density at radius 3 is 2.93 bits per heavy atom. The summed E-state index contributed by atoms with van der Waals surface area (Å²) in [6.45, 7) is 2.20. The Morgan fingerprint density at radius 1 is 1.60 bits per heavy atom. The van der Waals surface area contributed by atoms with Crippen molar-refractivity contribution in [1.82, 2.24) is 20.3 Å². The van der Waals surface area contributed by atoms with Crippen molar-refractivity contribution in [2.45, 2.75) is 26.3 Å². The summed E-state index contributed by atoms with van der Waals surface area (Å²) in [6.07, 6.45) is 1.36. The van der Waals surface area contributed by atoms with E-state index < -0.39 is 0 Å². The van der Waals surface area contributed by atoms with E-state index in [1.807, 2.05) is 6.92 Å². The van der Waals surface area contributed by atoms with Crippen molar-refractivity contribution in [3.63, 3.8) is 0 Å². The predicted octanol–water partition coefficient (Wildman–Crippen LogP) is -0.743. The van der Waals surface area contributed by atoms with Gasteiger partial charge in [0.1, 0.15) is 6.54 Å². The summed E-state index contributed by atoms with van der Waals surface area (Å²) in [5, 5.41) is 19.1. The Bertz CT molecular complexity index is 335. The number of carbonyl (C=O) groups excluding carboxylic acids is 1. The molecule has 1 heterocycles. The number of nitrogens with zero attached hydrogens (tertiary/aromatic N) is 3. The molecule has 0 atom stereocenters. The number of aliphatic hydroxyl groups excluding tert-OH is 1. The van der Waals surface area contributed by atoms with Gasteiger partial charge in [0.05, 0.1) is 11.4 Å². The van der Waals surface area contributed by atoms with Crippen molar-refractivity contribution in [3.05, 3.63) is 11.4 Å². The van der Waals surface area contributed by atoms with E-state index in [-0.39, 0.29) is 19.1 Å². The minimum Gasteiger partial charge on any atom is -0.396 e. The van der Waals surface area contributed by atoms with Crippen LogP contribution in [0.2, 0.25) is 0 Å². The van der Waals surface area contributed by atoms with Crippen molar-refractivity contribution in [2.24, 2.45) is 0 Å². The van der Waals surface area contributed by atoms with Gasteiger partial charge in [0, 0.05) is 13.7 Å². The van der Waals surface area contributed by atoms with E-state index in [0.29, 0.717) is 12.8 Å². The molecule has 0 aliphatic rings. The summed E-state index contributed by atoms with van der Waals surface area (Å²) < 4.78 is 1.56. The van der Waals surface area contributed by atoms with Crippen LogP contribution in [0.4, 0.5) is 0 Å². The topological polar surface area (TPSA) is 80.0 Å². The van der Waals surface area contributed by atoms with Crippen LogP contribution in [0.3, 0.4) is 0 Å². The summed E-state index contributed by atoms with van der Waals surface area (Å²) in [6, 6.07) is 0. The highest BCUT2D eigenvalue weighted by atomic mass is 16.2. The highest BCUT2D eigenvalue weighted by molar-refractivity contribution is 5.75. The first-order chi connectivity index (χ1) is 7.19. The van der Waals surface area contributed by atoms with Crippen molar-refractivity contribution in [1.29, 1.82) is 0 Å². The normalized spacial score (nSPS) is 10.3. The zero-order chi connectivity index (χ0) is 11.3. The molecule has 0 aliphatic carbocycles. The van der Waals surface area contributed by atoms with Crippen LogP contribution >= 0.6 is 0 Å². The van der Waals surface area contributed by atoms with E-state index in [0.717, 1.165) is 11.4 Å². The number of hydrogen-bond donors (Lipinski definition) is 2. The molecular weight excluding hydrogens is 196 g/mol. The summed E-state index contributed by atoms with van der Waals surface area (Å²) in [5.74, 6) is -0.100. The molecule has 0 unspecified atom stereocenters. The number of amides is 1. The molecule has 1 aromatic rings. The zero-order valence-corrected chi connectivity index (χ0v) is 9.03. The van der Waals surface area contributed by atoms with Gasteiger partial charge in [-0.3, -0.25) is 4.79 Å². The van der Waals surface area contributed by atoms with E-state index in [4.69, 9.17) is 5.11 Å². The van der Waals surface area contributed by atoms with Crippen LogP contribution in [0.5, 0.6) is 0 Å². The lowest BCUT2D eigenvalue weighted by molar-refractivity contribution is -0.121. The number of rotatable bonds is 5. The van der Waals surface area contributed by atoms with Gasteiger partial charge in [-0.2, -0.15) is 0 Å². The van der Waals surface area contributed by atoms with Gasteiger partial charge in [0.2, 0.25) is 5.91 Å². The van der Waals surface area contributed by atoms with Crippen molar-refractivity contribution < 1.29 is 9.90 Å². The van der Waals surface area contributed by atoms with E-state index >= 15 is 0 Å². The number of nitrogens with one attached hydrogen (secondary N) is 1. The van der Waals surface area contributed by atoms with Gasteiger partial charge in [-0.05, 0) is 19.8 Å². The molecule has 6 nitrogen and oxygen atoms in total. The molecule has 0 saturated heterocycles. The van der Waals surface area contributed by atoms with Crippen LogP contribution in [-0.2, 0) is 17.8 Å². The van der Waals surface area contributed by atoms with Crippen LogP contribution < -0.4 is 5.32 Å². The minimum absolute atomic E-state index is 0.100. The molecule has 0 radical (unpaired) electrons. The fraction of sp³-hybridized carbons (Fsp3) is 0.667. The van der Waals surface area contributed by atoms with Crippen molar-refractivity contribution in [3.8, 4) is 0 Å². The average molecular weight is 212 g/mol. The molecule has 2 N–H and O–H groups in total. The first-order valence-corrected chi connectivity index (χ1v) is 4.89. The van der Waals surface area contributed by atoms with E-state index in [9.17, 15) is 4.79 Å². The van der Waals surface area contributed by atoms with Gasteiger partial charge in [0.25, 0.3) is 0 Å². The smallest absolute Gasteiger partial charge is 0.241 e. The summed E-state index contributed by atoms with van der Waals surface area (Å²) in [4.78, 5) is 11.1. The molecule has 0 saturated carbocycles. The molecule has 0 spiro atoms. The Kier molecular flexibility index (Phi) is 4.23. The lowest BCUT2D eigenvalue weighted by Crippen LogP contribution is -2.24. The Balaban J connectivity index is 2.66. The van der Waals surface area contributed by atoms with Crippen molar-refractivity contribution >= 4 is 5.91 Å². The number of likely N-dealkylation sites (N-methyl/N-ethyl adjacent to an activating group) is 1. The molecule has 1 amide bonds. The highest BCUT2D eigenvalue weighted by Crippen LogP contribution is 2.05. The Hall–Kier alpha value is -1.43. The standard InChI is InChI=1S/C9H16N4O2/c1-7-8(4-3-5-14)11-12-13(7)6-9(15)10-2/h14H,3-6H2,1-2H3,(H,10,15). The lowest BCUT2D eigenvalue weighted by atomic mass is 10.2. The molecule has 0 aromatic carbocycles. The summed E-state index contributed by atoms with van der Waals surface area (Å²) in [7, 11) is 1.58. The molecule has 0 aliphatic heterocycles. The van der Waals surface area contributed by atoms with Gasteiger partial charge in [-0.1, -0.05) is 5.21 Å². The van der Waals surface area contributed by atoms with Gasteiger partial charge < -0.3 is 10.4 Å². The fourth-order valence-electron chi connectivity index (χ4n) is 1.24. The third-order valence-corrected chi connectivity index (χ3v) is 2.22. The van der Waals surface area contributed by atoms with Crippen LogP contribution in [0.15, 0.2) is 0 Å². The Morgan fingerprint density at radius 2 is 2.33 bits per heavy atom. The van der Waals surface area contributed by atoms with Crippen LogP contribution in [0.1, 0.15) is 17.8 Å². The van der Waals surface area contributed by atoms with Gasteiger partial charge in [-0.15, -0.1) is 5.10 Å². The molecule has 84 valence electrons. The molecule has 0 bridgehead atoms. The van der Waals surface area contributed by atoms with Crippen LogP contribution in [-0.4, -0.2) is 39.7 Å². The number of carbonyl (C=O) groups is 1. The molecule has 6 heteroatoms. The molecule has 0 fully saturated rings. The third kappa shape index (κ3) is 3.02. The lowest BCUT2D eigenvalue weighted by Gasteiger charge is -2.02. The second-order valence-electron chi connectivity index (χ2n) is 3.28. The first-order valence-electron chi connectivity index (χ1n) is 4.89. The fourth-order valence-corrected chi connectivity index (χ4v) is 1.24. The number of aliphatic hydroxyl groups is 1. The number of hydrogen-bond acceptors (Lipinski definition) is 4. The van der Waals surface area contributed by atoms with Crippen LogP contribution in [0.25, 0.3) is 0 Å². The molecule has 15 heavy (non-hydrogen) atoms. The predicted molar refractivity (Wildman–Crippen MR) is 54.2 cm³/mol. The summed E-state index contributed by atoms with van der Waals surface area (Å²) >= 11 is 0. The molecule has 1 aromatic heterocycles. The Labute approximate surface area is 88.3 Å². The van der Waals surface area contributed by atoms with E-state index in [1.165, 1.54) is 0 Å². The minimum atomic E-state index is -0.100. The molecule has 1 rings (SSSR count). The second kappa shape index (κ2) is 5.45. The molecular formula is C9H16N4O2. The van der Waals surface area contributed by atoms with Gasteiger partial charge in [0.15, 0.2) is 0 Å². The highest BCUT2D eigenvalue weighted by Gasteiger charge is 2.09.